The average molecular weight is 221 g/mol. The molecule has 1 unspecified atom stereocenters. The van der Waals surface area contributed by atoms with E-state index in [0.29, 0.717) is 6.04 Å². The predicted molar refractivity (Wildman–Crippen MR) is 64.5 cm³/mol. The van der Waals surface area contributed by atoms with Crippen molar-refractivity contribution in [3.8, 4) is 0 Å². The van der Waals surface area contributed by atoms with Crippen molar-refractivity contribution in [2.24, 2.45) is 0 Å². The minimum absolute atomic E-state index is 0.0618. The van der Waals surface area contributed by atoms with Gasteiger partial charge in [-0.2, -0.15) is 0 Å². The van der Waals surface area contributed by atoms with E-state index in [4.69, 9.17) is 0 Å². The van der Waals surface area contributed by atoms with Crippen molar-refractivity contribution >= 4 is 5.82 Å². The molecule has 1 saturated heterocycles. The molecule has 88 valence electrons. The van der Waals surface area contributed by atoms with Gasteiger partial charge >= 0.3 is 0 Å². The van der Waals surface area contributed by atoms with E-state index >= 15 is 0 Å². The molecular weight excluding hydrogens is 202 g/mol. The van der Waals surface area contributed by atoms with Gasteiger partial charge in [-0.15, -0.1) is 0 Å². The van der Waals surface area contributed by atoms with Crippen molar-refractivity contribution in [3.05, 3.63) is 23.9 Å². The number of hydrogen-bond acceptors (Lipinski definition) is 4. The SMILES string of the molecule is CN(C)C1CCN(c2ncccc2CO)C1. The number of aliphatic hydroxyl groups is 1. The zero-order valence-electron chi connectivity index (χ0n) is 9.93. The molecular formula is C12H19N3O. The molecule has 0 bridgehead atoms. The maximum Gasteiger partial charge on any atom is 0.134 e. The summed E-state index contributed by atoms with van der Waals surface area (Å²) in [7, 11) is 4.22. The van der Waals surface area contributed by atoms with Gasteiger partial charge in [0.25, 0.3) is 0 Å². The largest absolute Gasteiger partial charge is 0.392 e. The highest BCUT2D eigenvalue weighted by Crippen LogP contribution is 2.23. The summed E-state index contributed by atoms with van der Waals surface area (Å²) in [4.78, 5) is 8.88. The van der Waals surface area contributed by atoms with Crippen molar-refractivity contribution in [1.82, 2.24) is 9.88 Å². The molecule has 1 fully saturated rings. The second-order valence-electron chi connectivity index (χ2n) is 4.50. The molecule has 0 saturated carbocycles. The number of nitrogens with zero attached hydrogens (tertiary/aromatic N) is 3. The number of hydrogen-bond donors (Lipinski definition) is 1. The normalized spacial score (nSPS) is 20.8. The van der Waals surface area contributed by atoms with E-state index in [1.807, 2.05) is 12.1 Å². The molecule has 1 aliphatic rings. The molecule has 0 spiro atoms. The lowest BCUT2D eigenvalue weighted by molar-refractivity contribution is 0.281. The minimum Gasteiger partial charge on any atom is -0.392 e. The molecule has 0 radical (unpaired) electrons. The Kier molecular flexibility index (Phi) is 3.41. The summed E-state index contributed by atoms with van der Waals surface area (Å²) in [6, 6.07) is 4.40. The molecule has 1 aromatic rings. The molecule has 2 heterocycles. The number of aromatic nitrogens is 1. The second-order valence-corrected chi connectivity index (χ2v) is 4.50. The molecule has 1 atom stereocenters. The number of aliphatic hydroxyl groups excluding tert-OH is 1. The first kappa shape index (κ1) is 11.4. The van der Waals surface area contributed by atoms with E-state index in [0.717, 1.165) is 30.9 Å². The van der Waals surface area contributed by atoms with E-state index < -0.39 is 0 Å². The topological polar surface area (TPSA) is 39.6 Å². The Bertz CT molecular complexity index is 354. The van der Waals surface area contributed by atoms with E-state index in [1.165, 1.54) is 0 Å². The van der Waals surface area contributed by atoms with Crippen molar-refractivity contribution in [2.45, 2.75) is 19.1 Å². The van der Waals surface area contributed by atoms with Crippen LogP contribution in [0.15, 0.2) is 18.3 Å². The summed E-state index contributed by atoms with van der Waals surface area (Å²) in [5, 5.41) is 9.28. The average Bonchev–Trinajstić information content (AvgIpc) is 2.78. The van der Waals surface area contributed by atoms with Gasteiger partial charge < -0.3 is 14.9 Å². The molecule has 0 aliphatic carbocycles. The van der Waals surface area contributed by atoms with Gasteiger partial charge in [-0.05, 0) is 26.6 Å². The van der Waals surface area contributed by atoms with Crippen molar-refractivity contribution in [3.63, 3.8) is 0 Å². The van der Waals surface area contributed by atoms with Crippen molar-refractivity contribution < 1.29 is 5.11 Å². The third-order valence-corrected chi connectivity index (χ3v) is 3.23. The molecule has 0 aromatic carbocycles. The fourth-order valence-corrected chi connectivity index (χ4v) is 2.19. The van der Waals surface area contributed by atoms with Gasteiger partial charge in [-0.1, -0.05) is 6.07 Å². The maximum absolute atomic E-state index is 9.28. The standard InChI is InChI=1S/C12H19N3O/c1-14(2)11-5-7-15(8-11)12-10(9-16)4-3-6-13-12/h3-4,6,11,16H,5,7-9H2,1-2H3. The van der Waals surface area contributed by atoms with E-state index in [9.17, 15) is 5.11 Å². The maximum atomic E-state index is 9.28. The molecule has 16 heavy (non-hydrogen) atoms. The van der Waals surface area contributed by atoms with Gasteiger partial charge in [0.05, 0.1) is 6.61 Å². The summed E-state index contributed by atoms with van der Waals surface area (Å²) < 4.78 is 0. The van der Waals surface area contributed by atoms with Gasteiger partial charge in [-0.3, -0.25) is 0 Å². The van der Waals surface area contributed by atoms with Crippen LogP contribution in [-0.2, 0) is 6.61 Å². The monoisotopic (exact) mass is 221 g/mol. The smallest absolute Gasteiger partial charge is 0.134 e. The van der Waals surface area contributed by atoms with Crippen LogP contribution < -0.4 is 4.90 Å². The fraction of sp³-hybridized carbons (Fsp3) is 0.583. The molecule has 1 aromatic heterocycles. The van der Waals surface area contributed by atoms with Crippen LogP contribution in [0.2, 0.25) is 0 Å². The molecule has 2 rings (SSSR count). The highest BCUT2D eigenvalue weighted by atomic mass is 16.3. The Labute approximate surface area is 96.5 Å². The molecule has 1 N–H and O–H groups in total. The number of pyridine rings is 1. The Morgan fingerprint density at radius 3 is 3.00 bits per heavy atom. The first-order chi connectivity index (χ1) is 7.72. The van der Waals surface area contributed by atoms with Crippen LogP contribution in [-0.4, -0.2) is 48.2 Å². The lowest BCUT2D eigenvalue weighted by Crippen LogP contribution is -2.32. The van der Waals surface area contributed by atoms with Crippen LogP contribution in [0.3, 0.4) is 0 Å². The lowest BCUT2D eigenvalue weighted by atomic mass is 10.2. The zero-order valence-corrected chi connectivity index (χ0v) is 9.93. The van der Waals surface area contributed by atoms with Gasteiger partial charge in [-0.25, -0.2) is 4.98 Å². The number of rotatable bonds is 3. The third-order valence-electron chi connectivity index (χ3n) is 3.23. The van der Waals surface area contributed by atoms with Crippen molar-refractivity contribution in [2.75, 3.05) is 32.1 Å². The Morgan fingerprint density at radius 2 is 2.38 bits per heavy atom. The molecule has 4 nitrogen and oxygen atoms in total. The van der Waals surface area contributed by atoms with Gasteiger partial charge in [0.1, 0.15) is 5.82 Å². The van der Waals surface area contributed by atoms with E-state index in [2.05, 4.69) is 28.9 Å². The Morgan fingerprint density at radius 1 is 1.56 bits per heavy atom. The minimum atomic E-state index is 0.0618. The second kappa shape index (κ2) is 4.80. The first-order valence-corrected chi connectivity index (χ1v) is 5.68. The summed E-state index contributed by atoms with van der Waals surface area (Å²) in [5.74, 6) is 0.939. The van der Waals surface area contributed by atoms with E-state index in [1.54, 1.807) is 6.20 Å². The first-order valence-electron chi connectivity index (χ1n) is 5.68. The molecule has 0 amide bonds. The predicted octanol–water partition coefficient (Wildman–Crippen LogP) is 0.714. The van der Waals surface area contributed by atoms with Crippen LogP contribution in [0.5, 0.6) is 0 Å². The number of likely N-dealkylation sites (N-methyl/N-ethyl adjacent to an activating group) is 1. The Balaban J connectivity index is 2.14. The summed E-state index contributed by atoms with van der Waals surface area (Å²) >= 11 is 0. The molecule has 1 aliphatic heterocycles. The van der Waals surface area contributed by atoms with Gasteiger partial charge in [0.2, 0.25) is 0 Å². The quantitative estimate of drug-likeness (QED) is 0.816. The highest BCUT2D eigenvalue weighted by Gasteiger charge is 2.25. The third kappa shape index (κ3) is 2.18. The highest BCUT2D eigenvalue weighted by molar-refractivity contribution is 5.47. The van der Waals surface area contributed by atoms with Crippen LogP contribution in [0.25, 0.3) is 0 Å². The van der Waals surface area contributed by atoms with Gasteiger partial charge in [0.15, 0.2) is 0 Å². The Hall–Kier alpha value is -1.13. The zero-order chi connectivity index (χ0) is 11.5. The van der Waals surface area contributed by atoms with Crippen LogP contribution in [0.1, 0.15) is 12.0 Å². The van der Waals surface area contributed by atoms with Crippen LogP contribution >= 0.6 is 0 Å². The summed E-state index contributed by atoms with van der Waals surface area (Å²) in [5.41, 5.74) is 0.918. The van der Waals surface area contributed by atoms with Crippen LogP contribution in [0.4, 0.5) is 5.82 Å². The number of anilines is 1. The van der Waals surface area contributed by atoms with Gasteiger partial charge in [0, 0.05) is 30.9 Å². The summed E-state index contributed by atoms with van der Waals surface area (Å²) in [6.45, 7) is 2.08. The lowest BCUT2D eigenvalue weighted by Gasteiger charge is -2.22. The van der Waals surface area contributed by atoms with Crippen LogP contribution in [0, 0.1) is 0 Å². The van der Waals surface area contributed by atoms with Crippen molar-refractivity contribution in [1.29, 1.82) is 0 Å². The summed E-state index contributed by atoms with van der Waals surface area (Å²) in [6.07, 6.45) is 2.95. The fourth-order valence-electron chi connectivity index (χ4n) is 2.19. The molecule has 4 heteroatoms. The van der Waals surface area contributed by atoms with E-state index in [-0.39, 0.29) is 6.61 Å².